The van der Waals surface area contributed by atoms with Gasteiger partial charge in [-0.15, -0.1) is 0 Å². The van der Waals surface area contributed by atoms with Gasteiger partial charge in [-0.05, 0) is 39.8 Å². The Balaban J connectivity index is 1.27. The van der Waals surface area contributed by atoms with Crippen molar-refractivity contribution in [3.05, 3.63) is 108 Å². The van der Waals surface area contributed by atoms with E-state index in [1.165, 1.54) is 5.69 Å². The average molecular weight is 478 g/mol. The lowest BCUT2D eigenvalue weighted by Crippen LogP contribution is -2.51. The van der Waals surface area contributed by atoms with Crippen molar-refractivity contribution in [2.75, 3.05) is 42.5 Å². The molecular formula is C28H27N7O. The number of allylic oxidation sites excluding steroid dienone is 1. The summed E-state index contributed by atoms with van der Waals surface area (Å²) in [6.07, 6.45) is 2.15. The molecule has 180 valence electrons. The lowest BCUT2D eigenvalue weighted by Gasteiger charge is -2.38. The van der Waals surface area contributed by atoms with E-state index in [-0.39, 0.29) is 18.5 Å². The minimum Gasteiger partial charge on any atom is -0.368 e. The van der Waals surface area contributed by atoms with E-state index in [0.29, 0.717) is 19.0 Å². The summed E-state index contributed by atoms with van der Waals surface area (Å²) in [5.41, 5.74) is 4.24. The van der Waals surface area contributed by atoms with Crippen LogP contribution in [-0.2, 0) is 4.79 Å². The first-order valence-corrected chi connectivity index (χ1v) is 12.2. The molecule has 1 atom stereocenters. The van der Waals surface area contributed by atoms with E-state index in [2.05, 4.69) is 62.9 Å². The molecule has 8 nitrogen and oxygen atoms in total. The van der Waals surface area contributed by atoms with Gasteiger partial charge in [-0.2, -0.15) is 4.68 Å². The predicted molar refractivity (Wildman–Crippen MR) is 139 cm³/mol. The van der Waals surface area contributed by atoms with Crippen LogP contribution >= 0.6 is 0 Å². The van der Waals surface area contributed by atoms with Crippen LogP contribution in [-0.4, -0.2) is 63.7 Å². The number of tetrazole rings is 1. The zero-order chi connectivity index (χ0) is 24.3. The Bertz CT molecular complexity index is 1350. The van der Waals surface area contributed by atoms with E-state index >= 15 is 0 Å². The summed E-state index contributed by atoms with van der Waals surface area (Å²) in [6, 6.07) is 30.5. The van der Waals surface area contributed by atoms with Crippen LogP contribution < -0.4 is 9.80 Å². The molecule has 3 heterocycles. The first-order valence-electron chi connectivity index (χ1n) is 12.2. The van der Waals surface area contributed by atoms with Crippen LogP contribution in [0.1, 0.15) is 17.2 Å². The number of piperazine rings is 1. The molecule has 0 aliphatic carbocycles. The molecule has 1 aromatic heterocycles. The van der Waals surface area contributed by atoms with E-state index in [9.17, 15) is 4.79 Å². The standard InChI is InChI=1S/C28H27N7O/c36-27(33-18-16-32(17-19-33)24-14-8-3-9-15-24)21-34-25(22-10-4-1-5-11-22)20-26(23-12-6-2-7-13-23)35-28(34)29-30-31-35/h1-15,20,26H,16-19,21H2. The molecule has 0 N–H and O–H groups in total. The lowest BCUT2D eigenvalue weighted by atomic mass is 10.0. The number of hydrogen-bond donors (Lipinski definition) is 0. The maximum atomic E-state index is 13.5. The minimum atomic E-state index is -0.160. The van der Waals surface area contributed by atoms with Gasteiger partial charge in [0.1, 0.15) is 12.6 Å². The average Bonchev–Trinajstić information content (AvgIpc) is 3.45. The van der Waals surface area contributed by atoms with Crippen molar-refractivity contribution in [3.63, 3.8) is 0 Å². The Hall–Kier alpha value is -4.46. The summed E-state index contributed by atoms with van der Waals surface area (Å²) in [5.74, 6) is 0.638. The molecule has 1 fully saturated rings. The lowest BCUT2D eigenvalue weighted by molar-refractivity contribution is -0.129. The highest BCUT2D eigenvalue weighted by Crippen LogP contribution is 2.36. The third kappa shape index (κ3) is 4.22. The van der Waals surface area contributed by atoms with Crippen molar-refractivity contribution in [1.82, 2.24) is 25.1 Å². The predicted octanol–water partition coefficient (Wildman–Crippen LogP) is 3.47. The summed E-state index contributed by atoms with van der Waals surface area (Å²) < 4.78 is 1.79. The number of para-hydroxylation sites is 1. The Morgan fingerprint density at radius 2 is 1.44 bits per heavy atom. The molecule has 1 unspecified atom stereocenters. The SMILES string of the molecule is O=C(CN1C(c2ccccc2)=CC(c2ccccc2)n2nnnc21)N1CCN(c2ccccc2)CC1. The molecule has 0 radical (unpaired) electrons. The quantitative estimate of drug-likeness (QED) is 0.438. The molecule has 1 amide bonds. The van der Waals surface area contributed by atoms with Crippen LogP contribution in [0.5, 0.6) is 0 Å². The van der Waals surface area contributed by atoms with E-state index in [4.69, 9.17) is 0 Å². The largest absolute Gasteiger partial charge is 0.368 e. The first-order chi connectivity index (χ1) is 17.8. The van der Waals surface area contributed by atoms with Gasteiger partial charge in [0, 0.05) is 31.9 Å². The van der Waals surface area contributed by atoms with Gasteiger partial charge < -0.3 is 9.80 Å². The van der Waals surface area contributed by atoms with Gasteiger partial charge in [0.15, 0.2) is 0 Å². The van der Waals surface area contributed by atoms with E-state index < -0.39 is 0 Å². The number of nitrogens with zero attached hydrogens (tertiary/aromatic N) is 7. The zero-order valence-electron chi connectivity index (χ0n) is 19.9. The summed E-state index contributed by atoms with van der Waals surface area (Å²) in [4.78, 5) is 19.7. The number of aromatic nitrogens is 4. The molecule has 2 aliphatic heterocycles. The van der Waals surface area contributed by atoms with Crippen molar-refractivity contribution >= 4 is 23.2 Å². The highest BCUT2D eigenvalue weighted by Gasteiger charge is 2.33. The summed E-state index contributed by atoms with van der Waals surface area (Å²) in [5, 5.41) is 12.6. The number of hydrogen-bond acceptors (Lipinski definition) is 6. The van der Waals surface area contributed by atoms with Gasteiger partial charge >= 0.3 is 0 Å². The van der Waals surface area contributed by atoms with Crippen LogP contribution in [0.15, 0.2) is 97.1 Å². The number of anilines is 2. The number of amides is 1. The monoisotopic (exact) mass is 477 g/mol. The molecule has 36 heavy (non-hydrogen) atoms. The molecule has 3 aromatic carbocycles. The molecular weight excluding hydrogens is 450 g/mol. The Labute approximate surface area is 210 Å². The van der Waals surface area contributed by atoms with Crippen LogP contribution in [0.3, 0.4) is 0 Å². The fourth-order valence-corrected chi connectivity index (χ4v) is 4.96. The van der Waals surface area contributed by atoms with E-state index in [1.54, 1.807) is 4.68 Å². The first kappa shape index (κ1) is 22.0. The third-order valence-corrected chi connectivity index (χ3v) is 6.84. The van der Waals surface area contributed by atoms with Crippen molar-refractivity contribution in [2.45, 2.75) is 6.04 Å². The number of fused-ring (bicyclic) bond motifs is 1. The normalized spacial score (nSPS) is 17.5. The van der Waals surface area contributed by atoms with Crippen molar-refractivity contribution in [1.29, 1.82) is 0 Å². The molecule has 0 bridgehead atoms. The molecule has 8 heteroatoms. The summed E-state index contributed by atoms with van der Waals surface area (Å²) >= 11 is 0. The Morgan fingerprint density at radius 1 is 0.806 bits per heavy atom. The maximum absolute atomic E-state index is 13.5. The highest BCUT2D eigenvalue weighted by molar-refractivity contribution is 5.89. The number of rotatable bonds is 5. The smallest absolute Gasteiger partial charge is 0.251 e. The Morgan fingerprint density at radius 3 is 2.14 bits per heavy atom. The van der Waals surface area contributed by atoms with Gasteiger partial charge in [0.05, 0.1) is 5.70 Å². The topological polar surface area (TPSA) is 70.4 Å². The second kappa shape index (κ2) is 9.65. The third-order valence-electron chi connectivity index (χ3n) is 6.84. The second-order valence-corrected chi connectivity index (χ2v) is 8.99. The fraction of sp³-hybridized carbons (Fsp3) is 0.214. The number of carbonyl (C=O) groups excluding carboxylic acids is 1. The fourth-order valence-electron chi connectivity index (χ4n) is 4.96. The van der Waals surface area contributed by atoms with Crippen LogP contribution in [0, 0.1) is 0 Å². The van der Waals surface area contributed by atoms with Crippen LogP contribution in [0.25, 0.3) is 5.70 Å². The van der Waals surface area contributed by atoms with Gasteiger partial charge in [0.2, 0.25) is 5.91 Å². The molecule has 0 spiro atoms. The van der Waals surface area contributed by atoms with E-state index in [1.807, 2.05) is 64.4 Å². The van der Waals surface area contributed by atoms with Crippen LogP contribution in [0.4, 0.5) is 11.6 Å². The van der Waals surface area contributed by atoms with Gasteiger partial charge in [-0.3, -0.25) is 9.69 Å². The molecule has 6 rings (SSSR count). The van der Waals surface area contributed by atoms with E-state index in [0.717, 1.165) is 29.9 Å². The van der Waals surface area contributed by atoms with Gasteiger partial charge in [-0.25, -0.2) is 0 Å². The molecule has 4 aromatic rings. The highest BCUT2D eigenvalue weighted by atomic mass is 16.2. The minimum absolute atomic E-state index is 0.0669. The van der Waals surface area contributed by atoms with Gasteiger partial charge in [0.25, 0.3) is 5.95 Å². The second-order valence-electron chi connectivity index (χ2n) is 8.99. The number of benzene rings is 3. The molecule has 2 aliphatic rings. The maximum Gasteiger partial charge on any atom is 0.251 e. The van der Waals surface area contributed by atoms with Crippen molar-refractivity contribution in [3.8, 4) is 0 Å². The zero-order valence-corrected chi connectivity index (χ0v) is 19.9. The van der Waals surface area contributed by atoms with Crippen LogP contribution in [0.2, 0.25) is 0 Å². The van der Waals surface area contributed by atoms with Gasteiger partial charge in [-0.1, -0.05) is 84.0 Å². The number of carbonyl (C=O) groups is 1. The summed E-state index contributed by atoms with van der Waals surface area (Å²) in [7, 11) is 0. The Kier molecular flexibility index (Phi) is 5.91. The molecule has 1 saturated heterocycles. The van der Waals surface area contributed by atoms with Crippen molar-refractivity contribution < 1.29 is 4.79 Å². The molecule has 0 saturated carbocycles. The van der Waals surface area contributed by atoms with Crippen molar-refractivity contribution in [2.24, 2.45) is 0 Å². The summed E-state index contributed by atoms with van der Waals surface area (Å²) in [6.45, 7) is 3.16.